The number of anilines is 1. The Balaban J connectivity index is 0.000000956. The number of fused-ring (bicyclic) bond motifs is 1. The molecule has 0 saturated heterocycles. The van der Waals surface area contributed by atoms with E-state index < -0.39 is 0 Å². The van der Waals surface area contributed by atoms with E-state index in [2.05, 4.69) is 73.6 Å². The molecule has 0 heterocycles. The summed E-state index contributed by atoms with van der Waals surface area (Å²) in [6.45, 7) is 6.03. The third-order valence-corrected chi connectivity index (χ3v) is 3.00. The van der Waals surface area contributed by atoms with Crippen LogP contribution in [0.2, 0.25) is 0 Å². The van der Waals surface area contributed by atoms with E-state index >= 15 is 0 Å². The van der Waals surface area contributed by atoms with Crippen LogP contribution in [0.4, 0.5) is 5.69 Å². The molecule has 0 amide bonds. The van der Waals surface area contributed by atoms with Gasteiger partial charge in [-0.1, -0.05) is 68.5 Å². The summed E-state index contributed by atoms with van der Waals surface area (Å²) in [7, 11) is 4.16. The third kappa shape index (κ3) is 3.74. The average Bonchev–Trinajstić information content (AvgIpc) is 2.49. The summed E-state index contributed by atoms with van der Waals surface area (Å²) in [6.07, 6.45) is 8.32. The molecular weight excluding hydrogens is 242 g/mol. The van der Waals surface area contributed by atoms with Gasteiger partial charge in [0.15, 0.2) is 0 Å². The van der Waals surface area contributed by atoms with Gasteiger partial charge in [-0.05, 0) is 23.9 Å². The van der Waals surface area contributed by atoms with Gasteiger partial charge in [-0.25, -0.2) is 0 Å². The Kier molecular flexibility index (Phi) is 6.58. The molecule has 0 fully saturated rings. The first-order valence-corrected chi connectivity index (χ1v) is 7.22. The standard InChI is InChI=1S/C17H19N.C2H6/c1-4-5-6-9-14-12-13-17(18(2)3)16-11-8-7-10-15(14)16;1-2/h4-13H,1-3H3;1-2H3. The molecule has 0 saturated carbocycles. The Morgan fingerprint density at radius 1 is 0.850 bits per heavy atom. The third-order valence-electron chi connectivity index (χ3n) is 3.00. The monoisotopic (exact) mass is 267 g/mol. The number of allylic oxidation sites excluding steroid dienone is 3. The maximum absolute atomic E-state index is 2.18. The van der Waals surface area contributed by atoms with E-state index in [9.17, 15) is 0 Å². The minimum absolute atomic E-state index is 1.26. The van der Waals surface area contributed by atoms with Crippen LogP contribution in [0.5, 0.6) is 0 Å². The van der Waals surface area contributed by atoms with E-state index in [1.165, 1.54) is 22.0 Å². The summed E-state index contributed by atoms with van der Waals surface area (Å²) in [5.74, 6) is 0. The van der Waals surface area contributed by atoms with Gasteiger partial charge in [0, 0.05) is 25.2 Å². The fourth-order valence-corrected chi connectivity index (χ4v) is 2.11. The van der Waals surface area contributed by atoms with Crippen LogP contribution in [-0.4, -0.2) is 14.1 Å². The van der Waals surface area contributed by atoms with Crippen molar-refractivity contribution in [2.45, 2.75) is 20.8 Å². The van der Waals surface area contributed by atoms with Gasteiger partial charge in [0.2, 0.25) is 0 Å². The number of hydrogen-bond acceptors (Lipinski definition) is 1. The van der Waals surface area contributed by atoms with Crippen LogP contribution < -0.4 is 4.90 Å². The topological polar surface area (TPSA) is 3.24 Å². The number of hydrogen-bond donors (Lipinski definition) is 0. The van der Waals surface area contributed by atoms with E-state index in [4.69, 9.17) is 0 Å². The summed E-state index contributed by atoms with van der Waals surface area (Å²) >= 11 is 0. The van der Waals surface area contributed by atoms with Crippen molar-refractivity contribution in [1.29, 1.82) is 0 Å². The van der Waals surface area contributed by atoms with Gasteiger partial charge in [-0.15, -0.1) is 0 Å². The SMILES string of the molecule is CC.CC=CC=Cc1ccc(N(C)C)c2ccccc12. The Morgan fingerprint density at radius 3 is 2.10 bits per heavy atom. The second-order valence-electron chi connectivity index (χ2n) is 4.50. The first kappa shape index (κ1) is 16.0. The highest BCUT2D eigenvalue weighted by Gasteiger charge is 2.04. The van der Waals surface area contributed by atoms with Gasteiger partial charge in [0.25, 0.3) is 0 Å². The van der Waals surface area contributed by atoms with E-state index in [1.807, 2.05) is 26.8 Å². The van der Waals surface area contributed by atoms with E-state index in [0.717, 1.165) is 0 Å². The van der Waals surface area contributed by atoms with Crippen LogP contribution >= 0.6 is 0 Å². The first-order valence-electron chi connectivity index (χ1n) is 7.22. The zero-order valence-corrected chi connectivity index (χ0v) is 13.2. The van der Waals surface area contributed by atoms with Gasteiger partial charge in [0.05, 0.1) is 0 Å². The number of benzene rings is 2. The molecular formula is C19H25N. The van der Waals surface area contributed by atoms with Gasteiger partial charge in [-0.3, -0.25) is 0 Å². The number of rotatable bonds is 3. The first-order chi connectivity index (χ1) is 9.74. The van der Waals surface area contributed by atoms with Crippen LogP contribution in [0.25, 0.3) is 16.8 Å². The molecule has 0 aliphatic carbocycles. The second kappa shape index (κ2) is 8.21. The van der Waals surface area contributed by atoms with Crippen LogP contribution in [0.15, 0.2) is 54.6 Å². The maximum atomic E-state index is 2.18. The molecule has 0 atom stereocenters. The van der Waals surface area contributed by atoms with Crippen molar-refractivity contribution in [2.24, 2.45) is 0 Å². The van der Waals surface area contributed by atoms with Crippen LogP contribution in [-0.2, 0) is 0 Å². The molecule has 0 radical (unpaired) electrons. The van der Waals surface area contributed by atoms with E-state index in [1.54, 1.807) is 0 Å². The van der Waals surface area contributed by atoms with E-state index in [0.29, 0.717) is 0 Å². The Hall–Kier alpha value is -2.02. The minimum Gasteiger partial charge on any atom is -0.377 e. The molecule has 2 rings (SSSR count). The highest BCUT2D eigenvalue weighted by atomic mass is 15.1. The van der Waals surface area contributed by atoms with Crippen LogP contribution in [0.1, 0.15) is 26.3 Å². The highest BCUT2D eigenvalue weighted by Crippen LogP contribution is 2.29. The summed E-state index contributed by atoms with van der Waals surface area (Å²) < 4.78 is 0. The molecule has 0 unspecified atom stereocenters. The van der Waals surface area contributed by atoms with Crippen molar-refractivity contribution in [2.75, 3.05) is 19.0 Å². The molecule has 0 N–H and O–H groups in total. The lowest BCUT2D eigenvalue weighted by atomic mass is 10.0. The smallest absolute Gasteiger partial charge is 0.0441 e. The van der Waals surface area contributed by atoms with Crippen LogP contribution in [0.3, 0.4) is 0 Å². The molecule has 106 valence electrons. The molecule has 0 spiro atoms. The molecule has 0 bridgehead atoms. The van der Waals surface area contributed by atoms with Gasteiger partial charge < -0.3 is 4.90 Å². The van der Waals surface area contributed by atoms with Crippen molar-refractivity contribution in [1.82, 2.24) is 0 Å². The summed E-state index contributed by atoms with van der Waals surface area (Å²) in [6, 6.07) is 12.9. The minimum atomic E-state index is 1.26. The molecule has 0 aliphatic heterocycles. The largest absolute Gasteiger partial charge is 0.377 e. The molecule has 2 aromatic rings. The number of nitrogens with zero attached hydrogens (tertiary/aromatic N) is 1. The summed E-state index contributed by atoms with van der Waals surface area (Å²) in [5, 5.41) is 2.59. The molecule has 2 aromatic carbocycles. The average molecular weight is 267 g/mol. The molecule has 1 heteroatoms. The lowest BCUT2D eigenvalue weighted by Crippen LogP contribution is -2.09. The maximum Gasteiger partial charge on any atom is 0.0441 e. The van der Waals surface area contributed by atoms with Gasteiger partial charge in [0.1, 0.15) is 0 Å². The van der Waals surface area contributed by atoms with Crippen molar-refractivity contribution in [3.8, 4) is 0 Å². The Morgan fingerprint density at radius 2 is 1.50 bits per heavy atom. The molecule has 0 aliphatic rings. The van der Waals surface area contributed by atoms with E-state index in [-0.39, 0.29) is 0 Å². The molecule has 1 nitrogen and oxygen atoms in total. The predicted molar refractivity (Wildman–Crippen MR) is 93.5 cm³/mol. The summed E-state index contributed by atoms with van der Waals surface area (Å²) in [4.78, 5) is 2.15. The van der Waals surface area contributed by atoms with Gasteiger partial charge in [-0.2, -0.15) is 0 Å². The van der Waals surface area contributed by atoms with Crippen molar-refractivity contribution in [3.05, 3.63) is 60.2 Å². The zero-order valence-electron chi connectivity index (χ0n) is 13.2. The zero-order chi connectivity index (χ0) is 15.0. The highest BCUT2D eigenvalue weighted by molar-refractivity contribution is 5.99. The van der Waals surface area contributed by atoms with Crippen LogP contribution in [0, 0.1) is 0 Å². The molecule has 20 heavy (non-hydrogen) atoms. The van der Waals surface area contributed by atoms with Crippen molar-refractivity contribution in [3.63, 3.8) is 0 Å². The molecule has 0 aromatic heterocycles. The quantitative estimate of drug-likeness (QED) is 0.662. The fraction of sp³-hybridized carbons (Fsp3) is 0.263. The van der Waals surface area contributed by atoms with Gasteiger partial charge >= 0.3 is 0 Å². The van der Waals surface area contributed by atoms with Crippen molar-refractivity contribution >= 4 is 22.5 Å². The Labute approximate surface area is 123 Å². The fourth-order valence-electron chi connectivity index (χ4n) is 2.11. The van der Waals surface area contributed by atoms with Crippen molar-refractivity contribution < 1.29 is 0 Å². The lowest BCUT2D eigenvalue weighted by Gasteiger charge is -2.16. The summed E-state index contributed by atoms with van der Waals surface area (Å²) in [5.41, 5.74) is 2.52. The predicted octanol–water partition coefficient (Wildman–Crippen LogP) is 5.52. The lowest BCUT2D eigenvalue weighted by molar-refractivity contribution is 1.14. The second-order valence-corrected chi connectivity index (χ2v) is 4.50. The Bertz CT molecular complexity index is 592. The normalized spacial score (nSPS) is 10.8.